The zero-order valence-electron chi connectivity index (χ0n) is 15.2. The van der Waals surface area contributed by atoms with Crippen molar-refractivity contribution in [1.82, 2.24) is 10.6 Å². The van der Waals surface area contributed by atoms with Crippen LogP contribution in [0.5, 0.6) is 11.5 Å². The fourth-order valence-electron chi connectivity index (χ4n) is 3.86. The van der Waals surface area contributed by atoms with Gasteiger partial charge in [0.2, 0.25) is 5.91 Å². The molecule has 2 aliphatic heterocycles. The largest absolute Gasteiger partial charge is 0.457 e. The summed E-state index contributed by atoms with van der Waals surface area (Å²) in [7, 11) is 0. The van der Waals surface area contributed by atoms with Crippen molar-refractivity contribution in [3.8, 4) is 11.5 Å². The number of carbonyl (C=O) groups excluding carboxylic acids is 2. The van der Waals surface area contributed by atoms with Crippen LogP contribution in [-0.4, -0.2) is 29.9 Å². The van der Waals surface area contributed by atoms with Gasteiger partial charge < -0.3 is 20.7 Å². The molecule has 3 unspecified atom stereocenters. The van der Waals surface area contributed by atoms with E-state index >= 15 is 0 Å². The van der Waals surface area contributed by atoms with E-state index in [4.69, 9.17) is 4.74 Å². The van der Waals surface area contributed by atoms with Crippen LogP contribution in [0.2, 0.25) is 0 Å². The molecule has 27 heavy (non-hydrogen) atoms. The highest BCUT2D eigenvalue weighted by Crippen LogP contribution is 2.28. The summed E-state index contributed by atoms with van der Waals surface area (Å²) in [6.07, 6.45) is 3.38. The van der Waals surface area contributed by atoms with Crippen molar-refractivity contribution < 1.29 is 14.3 Å². The average Bonchev–Trinajstić information content (AvgIpc) is 3.26. The number of hydrogen-bond acceptors (Lipinski definition) is 4. The Morgan fingerprint density at radius 3 is 2.22 bits per heavy atom. The van der Waals surface area contributed by atoms with Crippen LogP contribution < -0.4 is 20.7 Å². The van der Waals surface area contributed by atoms with Crippen LogP contribution in [0, 0.1) is 0 Å². The maximum atomic E-state index is 12.5. The quantitative estimate of drug-likeness (QED) is 0.761. The fraction of sp³-hybridized carbons (Fsp3) is 0.333. The molecule has 140 valence electrons. The Bertz CT molecular complexity index is 833. The van der Waals surface area contributed by atoms with Gasteiger partial charge in [-0.1, -0.05) is 0 Å². The lowest BCUT2D eigenvalue weighted by molar-refractivity contribution is -0.114. The second-order valence-corrected chi connectivity index (χ2v) is 7.20. The van der Waals surface area contributed by atoms with Gasteiger partial charge in [0.15, 0.2) is 0 Å². The number of anilines is 1. The van der Waals surface area contributed by atoms with Crippen molar-refractivity contribution in [1.29, 1.82) is 0 Å². The standard InChI is InChI=1S/C21H23N3O3/c1-13(25)22-15-4-9-18(10-5-15)27-17-7-2-14(3-8-17)21(26)24-20-12-16-6-11-19(20)23-16/h2-5,7-10,16,19-20,23H,6,11-12H2,1H3,(H,22,25)(H,24,26). The number of benzene rings is 2. The summed E-state index contributed by atoms with van der Waals surface area (Å²) >= 11 is 0. The van der Waals surface area contributed by atoms with Crippen LogP contribution in [-0.2, 0) is 4.79 Å². The molecule has 0 aromatic heterocycles. The third kappa shape index (κ3) is 4.11. The number of carbonyl (C=O) groups is 2. The van der Waals surface area contributed by atoms with Gasteiger partial charge in [-0.3, -0.25) is 9.59 Å². The number of nitrogens with one attached hydrogen (secondary N) is 3. The lowest BCUT2D eigenvalue weighted by Crippen LogP contribution is -2.42. The molecular formula is C21H23N3O3. The van der Waals surface area contributed by atoms with Crippen LogP contribution in [0.15, 0.2) is 48.5 Å². The van der Waals surface area contributed by atoms with Gasteiger partial charge in [0, 0.05) is 36.3 Å². The molecule has 2 heterocycles. The molecule has 2 bridgehead atoms. The molecule has 6 heteroatoms. The Morgan fingerprint density at radius 2 is 1.67 bits per heavy atom. The van der Waals surface area contributed by atoms with Gasteiger partial charge >= 0.3 is 0 Å². The highest BCUT2D eigenvalue weighted by Gasteiger charge is 2.39. The molecule has 0 spiro atoms. The fourth-order valence-corrected chi connectivity index (χ4v) is 3.86. The summed E-state index contributed by atoms with van der Waals surface area (Å²) in [6.45, 7) is 1.47. The lowest BCUT2D eigenvalue weighted by atomic mass is 9.95. The molecule has 6 nitrogen and oxygen atoms in total. The van der Waals surface area contributed by atoms with Gasteiger partial charge in [0.1, 0.15) is 11.5 Å². The summed E-state index contributed by atoms with van der Waals surface area (Å²) in [5.74, 6) is 1.16. The van der Waals surface area contributed by atoms with Gasteiger partial charge in [-0.25, -0.2) is 0 Å². The zero-order chi connectivity index (χ0) is 18.8. The predicted molar refractivity (Wildman–Crippen MR) is 103 cm³/mol. The number of amides is 2. The van der Waals surface area contributed by atoms with Crippen molar-refractivity contribution >= 4 is 17.5 Å². The lowest BCUT2D eigenvalue weighted by Gasteiger charge is -2.21. The van der Waals surface area contributed by atoms with Crippen LogP contribution in [0.3, 0.4) is 0 Å². The van der Waals surface area contributed by atoms with Gasteiger partial charge in [0.05, 0.1) is 0 Å². The van der Waals surface area contributed by atoms with Crippen molar-refractivity contribution in [2.75, 3.05) is 5.32 Å². The number of fused-ring (bicyclic) bond motifs is 2. The molecule has 2 fully saturated rings. The SMILES string of the molecule is CC(=O)Nc1ccc(Oc2ccc(C(=O)NC3CC4CCC3N4)cc2)cc1. The molecule has 0 saturated carbocycles. The molecule has 2 aromatic rings. The number of rotatable bonds is 5. The molecule has 0 radical (unpaired) electrons. The summed E-state index contributed by atoms with van der Waals surface area (Å²) in [6, 6.07) is 15.5. The van der Waals surface area contributed by atoms with Gasteiger partial charge in [-0.2, -0.15) is 0 Å². The second-order valence-electron chi connectivity index (χ2n) is 7.20. The van der Waals surface area contributed by atoms with E-state index < -0.39 is 0 Å². The Kier molecular flexibility index (Phi) is 4.81. The molecule has 2 aliphatic rings. The van der Waals surface area contributed by atoms with Gasteiger partial charge in [-0.15, -0.1) is 0 Å². The summed E-state index contributed by atoms with van der Waals surface area (Å²) in [5.41, 5.74) is 1.35. The smallest absolute Gasteiger partial charge is 0.251 e. The van der Waals surface area contributed by atoms with Crippen molar-refractivity contribution in [2.24, 2.45) is 0 Å². The zero-order valence-corrected chi connectivity index (χ0v) is 15.2. The normalized spacial score (nSPS) is 23.1. The summed E-state index contributed by atoms with van der Waals surface area (Å²) in [5, 5.41) is 9.38. The van der Waals surface area contributed by atoms with Crippen LogP contribution >= 0.6 is 0 Å². The highest BCUT2D eigenvalue weighted by molar-refractivity contribution is 5.94. The first-order valence-corrected chi connectivity index (χ1v) is 9.29. The molecule has 2 amide bonds. The van der Waals surface area contributed by atoms with E-state index in [0.29, 0.717) is 29.1 Å². The van der Waals surface area contributed by atoms with Crippen molar-refractivity contribution in [2.45, 2.75) is 44.3 Å². The second kappa shape index (κ2) is 7.40. The first-order valence-electron chi connectivity index (χ1n) is 9.29. The van der Waals surface area contributed by atoms with Crippen LogP contribution in [0.4, 0.5) is 5.69 Å². The molecular weight excluding hydrogens is 342 g/mol. The minimum atomic E-state index is -0.112. The van der Waals surface area contributed by atoms with Gasteiger partial charge in [-0.05, 0) is 67.8 Å². The Balaban J connectivity index is 1.34. The van der Waals surface area contributed by atoms with Crippen LogP contribution in [0.1, 0.15) is 36.5 Å². The predicted octanol–water partition coefficient (Wildman–Crippen LogP) is 3.06. The maximum absolute atomic E-state index is 12.5. The first kappa shape index (κ1) is 17.5. The molecule has 4 rings (SSSR count). The number of ether oxygens (including phenoxy) is 1. The Morgan fingerprint density at radius 1 is 1.00 bits per heavy atom. The van der Waals surface area contributed by atoms with E-state index in [0.717, 1.165) is 18.5 Å². The summed E-state index contributed by atoms with van der Waals surface area (Å²) < 4.78 is 5.79. The van der Waals surface area contributed by atoms with E-state index in [2.05, 4.69) is 16.0 Å². The van der Waals surface area contributed by atoms with Gasteiger partial charge in [0.25, 0.3) is 5.91 Å². The monoisotopic (exact) mass is 365 g/mol. The van der Waals surface area contributed by atoms with E-state index in [1.165, 1.54) is 13.3 Å². The Labute approximate surface area is 158 Å². The third-order valence-electron chi connectivity index (χ3n) is 5.14. The third-order valence-corrected chi connectivity index (χ3v) is 5.14. The minimum Gasteiger partial charge on any atom is -0.457 e. The maximum Gasteiger partial charge on any atom is 0.251 e. The summed E-state index contributed by atoms with van der Waals surface area (Å²) in [4.78, 5) is 23.5. The van der Waals surface area contributed by atoms with Crippen LogP contribution in [0.25, 0.3) is 0 Å². The van der Waals surface area contributed by atoms with E-state index in [9.17, 15) is 9.59 Å². The van der Waals surface area contributed by atoms with Crippen molar-refractivity contribution in [3.63, 3.8) is 0 Å². The molecule has 3 N–H and O–H groups in total. The molecule has 2 aromatic carbocycles. The molecule has 3 atom stereocenters. The molecule has 2 saturated heterocycles. The van der Waals surface area contributed by atoms with E-state index in [1.54, 1.807) is 48.5 Å². The van der Waals surface area contributed by atoms with E-state index in [-0.39, 0.29) is 17.9 Å². The molecule has 0 aliphatic carbocycles. The Hall–Kier alpha value is -2.86. The first-order chi connectivity index (χ1) is 13.1. The topological polar surface area (TPSA) is 79.5 Å². The number of hydrogen-bond donors (Lipinski definition) is 3. The van der Waals surface area contributed by atoms with E-state index in [1.807, 2.05) is 0 Å². The minimum absolute atomic E-state index is 0.0411. The average molecular weight is 365 g/mol. The van der Waals surface area contributed by atoms with Crippen molar-refractivity contribution in [3.05, 3.63) is 54.1 Å². The highest BCUT2D eigenvalue weighted by atomic mass is 16.5.